The van der Waals surface area contributed by atoms with E-state index >= 15 is 0 Å². The highest BCUT2D eigenvalue weighted by Crippen LogP contribution is 2.29. The fraction of sp³-hybridized carbons (Fsp3) is 0.591. The molecule has 2 saturated heterocycles. The van der Waals surface area contributed by atoms with Crippen LogP contribution < -0.4 is 4.90 Å². The van der Waals surface area contributed by atoms with Gasteiger partial charge in [0, 0.05) is 30.7 Å². The number of hydrogen-bond acceptors (Lipinski definition) is 6. The summed E-state index contributed by atoms with van der Waals surface area (Å²) in [5.74, 6) is -0.791. The average Bonchev–Trinajstić information content (AvgIpc) is 3.49. The number of carbonyl (C=O) groups excluding carboxylic acids is 3. The topological polar surface area (TPSA) is 101 Å². The summed E-state index contributed by atoms with van der Waals surface area (Å²) in [5, 5.41) is 0. The van der Waals surface area contributed by atoms with E-state index in [1.807, 2.05) is 0 Å². The van der Waals surface area contributed by atoms with Crippen LogP contribution in [0.4, 0.5) is 5.69 Å². The molecule has 8 nitrogen and oxygen atoms in total. The second kappa shape index (κ2) is 8.98. The van der Waals surface area contributed by atoms with Crippen molar-refractivity contribution in [1.82, 2.24) is 4.90 Å². The first kappa shape index (κ1) is 21.8. The monoisotopic (exact) mass is 448 g/mol. The van der Waals surface area contributed by atoms with Crippen LogP contribution >= 0.6 is 0 Å². The van der Waals surface area contributed by atoms with Crippen molar-refractivity contribution in [2.24, 2.45) is 0 Å². The maximum atomic E-state index is 12.9. The minimum Gasteiger partial charge on any atom is -0.452 e. The van der Waals surface area contributed by atoms with Gasteiger partial charge in [0.2, 0.25) is 5.91 Å². The molecule has 1 aromatic rings. The van der Waals surface area contributed by atoms with Gasteiger partial charge in [-0.1, -0.05) is 12.8 Å². The van der Waals surface area contributed by atoms with Gasteiger partial charge in [-0.3, -0.25) is 9.59 Å². The molecule has 1 unspecified atom stereocenters. The van der Waals surface area contributed by atoms with Crippen LogP contribution in [0, 0.1) is 0 Å². The molecule has 0 radical (unpaired) electrons. The number of ether oxygens (including phenoxy) is 1. The highest BCUT2D eigenvalue weighted by atomic mass is 32.2. The standard InChI is InChI=1S/C22H28N2O6S/c25-20-6-3-12-23(20)17-9-7-16(8-10-17)22(27)30-14-21(26)24(18-4-1-2-5-18)19-11-13-31(28,29)15-19/h7-10,18-19H,1-6,11-15H2. The number of nitrogens with zero attached hydrogens (tertiary/aromatic N) is 2. The zero-order valence-corrected chi connectivity index (χ0v) is 18.3. The Labute approximate surface area is 182 Å². The zero-order valence-electron chi connectivity index (χ0n) is 17.5. The Kier molecular flexibility index (Phi) is 6.31. The van der Waals surface area contributed by atoms with Crippen LogP contribution in [-0.4, -0.2) is 67.8 Å². The molecule has 1 atom stereocenters. The van der Waals surface area contributed by atoms with E-state index < -0.39 is 22.4 Å². The lowest BCUT2D eigenvalue weighted by molar-refractivity contribution is -0.139. The van der Waals surface area contributed by atoms with Gasteiger partial charge in [0.1, 0.15) is 0 Å². The number of hydrogen-bond donors (Lipinski definition) is 0. The number of sulfone groups is 1. The summed E-state index contributed by atoms with van der Waals surface area (Å²) in [7, 11) is -3.12. The summed E-state index contributed by atoms with van der Waals surface area (Å²) < 4.78 is 29.1. The predicted octanol–water partition coefficient (Wildman–Crippen LogP) is 1.93. The van der Waals surface area contributed by atoms with Crippen LogP contribution in [0.25, 0.3) is 0 Å². The fourth-order valence-electron chi connectivity index (χ4n) is 4.87. The lowest BCUT2D eigenvalue weighted by atomic mass is 10.1. The first-order valence-electron chi connectivity index (χ1n) is 10.9. The Morgan fingerprint density at radius 1 is 1.03 bits per heavy atom. The lowest BCUT2D eigenvalue weighted by Crippen LogP contribution is -2.48. The third-order valence-corrected chi connectivity index (χ3v) is 8.17. The van der Waals surface area contributed by atoms with Crippen molar-refractivity contribution in [3.8, 4) is 0 Å². The molecule has 1 saturated carbocycles. The molecular formula is C22H28N2O6S. The van der Waals surface area contributed by atoms with E-state index in [-0.39, 0.29) is 35.4 Å². The van der Waals surface area contributed by atoms with Crippen LogP contribution in [0.1, 0.15) is 55.3 Å². The average molecular weight is 449 g/mol. The number of esters is 1. The lowest BCUT2D eigenvalue weighted by Gasteiger charge is -2.33. The van der Waals surface area contributed by atoms with Crippen LogP contribution in [0.15, 0.2) is 24.3 Å². The number of anilines is 1. The Morgan fingerprint density at radius 3 is 2.32 bits per heavy atom. The van der Waals surface area contributed by atoms with Gasteiger partial charge in [0.15, 0.2) is 16.4 Å². The Balaban J connectivity index is 1.38. The molecule has 168 valence electrons. The SMILES string of the molecule is O=C(OCC(=O)N(C1CCCC1)C1CCS(=O)(=O)C1)c1ccc(N2CCCC2=O)cc1. The molecule has 2 aliphatic heterocycles. The van der Waals surface area contributed by atoms with Crippen molar-refractivity contribution in [1.29, 1.82) is 0 Å². The number of rotatable bonds is 6. The van der Waals surface area contributed by atoms with E-state index in [1.54, 1.807) is 34.1 Å². The summed E-state index contributed by atoms with van der Waals surface area (Å²) in [6.07, 6.45) is 5.53. The third kappa shape index (κ3) is 4.92. The van der Waals surface area contributed by atoms with Crippen molar-refractivity contribution < 1.29 is 27.5 Å². The van der Waals surface area contributed by atoms with Gasteiger partial charge in [-0.2, -0.15) is 0 Å². The van der Waals surface area contributed by atoms with Gasteiger partial charge < -0.3 is 14.5 Å². The fourth-order valence-corrected chi connectivity index (χ4v) is 6.58. The van der Waals surface area contributed by atoms with Crippen molar-refractivity contribution >= 4 is 33.3 Å². The number of amides is 2. The molecule has 0 aromatic heterocycles. The highest BCUT2D eigenvalue weighted by Gasteiger charge is 2.39. The quantitative estimate of drug-likeness (QED) is 0.617. The van der Waals surface area contributed by atoms with E-state index in [2.05, 4.69) is 0 Å². The molecule has 0 spiro atoms. The first-order chi connectivity index (χ1) is 14.8. The van der Waals surface area contributed by atoms with Gasteiger partial charge in [-0.25, -0.2) is 13.2 Å². The highest BCUT2D eigenvalue weighted by molar-refractivity contribution is 7.91. The van der Waals surface area contributed by atoms with E-state index in [0.717, 1.165) is 37.8 Å². The largest absolute Gasteiger partial charge is 0.452 e. The van der Waals surface area contributed by atoms with E-state index in [4.69, 9.17) is 4.74 Å². The van der Waals surface area contributed by atoms with Crippen LogP contribution in [-0.2, 0) is 24.2 Å². The Morgan fingerprint density at radius 2 is 1.74 bits per heavy atom. The molecule has 0 N–H and O–H groups in total. The van der Waals surface area contributed by atoms with E-state index in [0.29, 0.717) is 24.9 Å². The number of benzene rings is 1. The van der Waals surface area contributed by atoms with Gasteiger partial charge >= 0.3 is 5.97 Å². The molecule has 1 aliphatic carbocycles. The predicted molar refractivity (Wildman–Crippen MR) is 114 cm³/mol. The summed E-state index contributed by atoms with van der Waals surface area (Å²) in [6.45, 7) is 0.267. The molecule has 2 heterocycles. The molecule has 31 heavy (non-hydrogen) atoms. The second-order valence-electron chi connectivity index (χ2n) is 8.57. The molecule has 3 aliphatic rings. The smallest absolute Gasteiger partial charge is 0.338 e. The van der Waals surface area contributed by atoms with E-state index in [1.165, 1.54) is 0 Å². The minimum absolute atomic E-state index is 0.0140. The summed E-state index contributed by atoms with van der Waals surface area (Å²) in [4.78, 5) is 40.6. The summed E-state index contributed by atoms with van der Waals surface area (Å²) in [5.41, 5.74) is 1.05. The maximum Gasteiger partial charge on any atom is 0.338 e. The van der Waals surface area contributed by atoms with Gasteiger partial charge in [0.05, 0.1) is 17.1 Å². The molecule has 2 amide bonds. The third-order valence-electron chi connectivity index (χ3n) is 6.42. The first-order valence-corrected chi connectivity index (χ1v) is 12.8. The van der Waals surface area contributed by atoms with Crippen LogP contribution in [0.2, 0.25) is 0 Å². The number of carbonyl (C=O) groups is 3. The van der Waals surface area contributed by atoms with Crippen molar-refractivity contribution in [3.05, 3.63) is 29.8 Å². The molecule has 1 aromatic carbocycles. The molecule has 4 rings (SSSR count). The maximum absolute atomic E-state index is 12.9. The molecule has 0 bridgehead atoms. The summed E-state index contributed by atoms with van der Waals surface area (Å²) in [6, 6.07) is 6.27. The minimum atomic E-state index is -3.12. The molecule has 3 fully saturated rings. The van der Waals surface area contributed by atoms with Gasteiger partial charge in [-0.05, 0) is 49.9 Å². The Bertz CT molecular complexity index is 953. The van der Waals surface area contributed by atoms with Crippen molar-refractivity contribution in [2.45, 2.75) is 57.0 Å². The normalized spacial score (nSPS) is 23.3. The van der Waals surface area contributed by atoms with Crippen molar-refractivity contribution in [2.75, 3.05) is 29.6 Å². The van der Waals surface area contributed by atoms with Crippen molar-refractivity contribution in [3.63, 3.8) is 0 Å². The van der Waals surface area contributed by atoms with Gasteiger partial charge in [-0.15, -0.1) is 0 Å². The Hall–Kier alpha value is -2.42. The summed E-state index contributed by atoms with van der Waals surface area (Å²) >= 11 is 0. The zero-order chi connectivity index (χ0) is 22.0. The molecular weight excluding hydrogens is 420 g/mol. The van der Waals surface area contributed by atoms with E-state index in [9.17, 15) is 22.8 Å². The second-order valence-corrected chi connectivity index (χ2v) is 10.8. The van der Waals surface area contributed by atoms with Crippen LogP contribution in [0.3, 0.4) is 0 Å². The van der Waals surface area contributed by atoms with Gasteiger partial charge in [0.25, 0.3) is 5.91 Å². The van der Waals surface area contributed by atoms with Crippen LogP contribution in [0.5, 0.6) is 0 Å². The molecule has 9 heteroatoms.